The van der Waals surface area contributed by atoms with Crippen molar-refractivity contribution in [1.82, 2.24) is 9.97 Å². The topological polar surface area (TPSA) is 42.9 Å². The van der Waals surface area contributed by atoms with Gasteiger partial charge in [0.1, 0.15) is 5.82 Å². The van der Waals surface area contributed by atoms with Gasteiger partial charge in [-0.1, -0.05) is 11.6 Å². The number of hydrogen-bond donors (Lipinski definition) is 0. The van der Waals surface area contributed by atoms with Gasteiger partial charge in [-0.2, -0.15) is 0 Å². The quantitative estimate of drug-likeness (QED) is 0.770. The van der Waals surface area contributed by atoms with Gasteiger partial charge in [0, 0.05) is 11.3 Å². The van der Waals surface area contributed by atoms with Crippen molar-refractivity contribution in [2.45, 2.75) is 6.92 Å². The lowest BCUT2D eigenvalue weighted by atomic mass is 10.1. The largest absolute Gasteiger partial charge is 0.294 e. The average molecular weight is 251 g/mol. The zero-order valence-electron chi connectivity index (χ0n) is 8.95. The molecule has 0 radical (unpaired) electrons. The van der Waals surface area contributed by atoms with Crippen molar-refractivity contribution < 1.29 is 9.18 Å². The van der Waals surface area contributed by atoms with E-state index in [0.29, 0.717) is 23.2 Å². The van der Waals surface area contributed by atoms with Crippen molar-refractivity contribution in [3.8, 4) is 11.3 Å². The summed E-state index contributed by atoms with van der Waals surface area (Å²) in [6.45, 7) is 1.75. The minimum absolute atomic E-state index is 0.0198. The Balaban J connectivity index is 2.55. The SMILES string of the molecule is Cc1cc(-c2ccc(F)c(Cl)c2)nc(C=O)n1. The van der Waals surface area contributed by atoms with E-state index < -0.39 is 5.82 Å². The fraction of sp³-hybridized carbons (Fsp3) is 0.0833. The standard InChI is InChI=1S/C12H8ClFN2O/c1-7-4-11(16-12(6-17)15-7)8-2-3-10(14)9(13)5-8/h2-6H,1H3. The second kappa shape index (κ2) is 4.59. The van der Waals surface area contributed by atoms with Gasteiger partial charge < -0.3 is 0 Å². The maximum absolute atomic E-state index is 13.0. The molecule has 0 aliphatic carbocycles. The number of rotatable bonds is 2. The van der Waals surface area contributed by atoms with Crippen molar-refractivity contribution >= 4 is 17.9 Å². The van der Waals surface area contributed by atoms with E-state index in [1.807, 2.05) is 0 Å². The van der Waals surface area contributed by atoms with Crippen LogP contribution in [0.1, 0.15) is 16.3 Å². The van der Waals surface area contributed by atoms with Gasteiger partial charge in [-0.3, -0.25) is 4.79 Å². The normalized spacial score (nSPS) is 10.3. The lowest BCUT2D eigenvalue weighted by Gasteiger charge is -2.04. The Morgan fingerprint density at radius 3 is 2.71 bits per heavy atom. The van der Waals surface area contributed by atoms with Crippen LogP contribution in [0.15, 0.2) is 24.3 Å². The van der Waals surface area contributed by atoms with Gasteiger partial charge >= 0.3 is 0 Å². The number of carbonyl (C=O) groups excluding carboxylic acids is 1. The van der Waals surface area contributed by atoms with Gasteiger partial charge in [-0.25, -0.2) is 14.4 Å². The molecule has 0 saturated heterocycles. The second-order valence-electron chi connectivity index (χ2n) is 3.50. The highest BCUT2D eigenvalue weighted by atomic mass is 35.5. The molecule has 0 spiro atoms. The number of aromatic nitrogens is 2. The zero-order valence-corrected chi connectivity index (χ0v) is 9.70. The van der Waals surface area contributed by atoms with Crippen LogP contribution in [0.25, 0.3) is 11.3 Å². The summed E-state index contributed by atoms with van der Waals surface area (Å²) >= 11 is 5.69. The highest BCUT2D eigenvalue weighted by Crippen LogP contribution is 2.23. The summed E-state index contributed by atoms with van der Waals surface area (Å²) in [5, 5.41) is 0.0198. The first-order valence-electron chi connectivity index (χ1n) is 4.86. The van der Waals surface area contributed by atoms with Gasteiger partial charge in [-0.15, -0.1) is 0 Å². The van der Waals surface area contributed by atoms with Crippen molar-refractivity contribution in [3.63, 3.8) is 0 Å². The molecular weight excluding hydrogens is 243 g/mol. The van der Waals surface area contributed by atoms with E-state index in [9.17, 15) is 9.18 Å². The minimum Gasteiger partial charge on any atom is -0.294 e. The summed E-state index contributed by atoms with van der Waals surface area (Å²) in [6, 6.07) is 5.98. The molecule has 0 N–H and O–H groups in total. The molecule has 2 aromatic rings. The van der Waals surface area contributed by atoms with Crippen molar-refractivity contribution in [3.05, 3.63) is 46.6 Å². The fourth-order valence-corrected chi connectivity index (χ4v) is 1.63. The van der Waals surface area contributed by atoms with Crippen LogP contribution in [0.4, 0.5) is 4.39 Å². The summed E-state index contributed by atoms with van der Waals surface area (Å²) in [4.78, 5) is 18.6. The molecular formula is C12H8ClFN2O. The molecule has 0 saturated carbocycles. The van der Waals surface area contributed by atoms with Gasteiger partial charge in [-0.05, 0) is 31.2 Å². The molecule has 17 heavy (non-hydrogen) atoms. The van der Waals surface area contributed by atoms with E-state index in [1.54, 1.807) is 19.1 Å². The smallest absolute Gasteiger partial charge is 0.193 e. The first-order chi connectivity index (χ1) is 8.10. The molecule has 1 heterocycles. The van der Waals surface area contributed by atoms with Gasteiger partial charge in [0.15, 0.2) is 12.1 Å². The van der Waals surface area contributed by atoms with Gasteiger partial charge in [0.05, 0.1) is 10.7 Å². The Bertz CT molecular complexity index is 587. The molecule has 5 heteroatoms. The highest BCUT2D eigenvalue weighted by molar-refractivity contribution is 6.31. The van der Waals surface area contributed by atoms with Crippen LogP contribution < -0.4 is 0 Å². The number of hydrogen-bond acceptors (Lipinski definition) is 3. The Kier molecular flexibility index (Phi) is 3.15. The number of aldehydes is 1. The van der Waals surface area contributed by atoms with E-state index in [2.05, 4.69) is 9.97 Å². The zero-order chi connectivity index (χ0) is 12.4. The number of halogens is 2. The monoisotopic (exact) mass is 250 g/mol. The third-order valence-electron chi connectivity index (χ3n) is 2.19. The highest BCUT2D eigenvalue weighted by Gasteiger charge is 2.07. The first-order valence-corrected chi connectivity index (χ1v) is 5.24. The lowest BCUT2D eigenvalue weighted by Crippen LogP contribution is -1.97. The fourth-order valence-electron chi connectivity index (χ4n) is 1.45. The van der Waals surface area contributed by atoms with E-state index in [0.717, 1.165) is 0 Å². The Morgan fingerprint density at radius 1 is 1.29 bits per heavy atom. The average Bonchev–Trinajstić information content (AvgIpc) is 2.32. The summed E-state index contributed by atoms with van der Waals surface area (Å²) in [7, 11) is 0. The van der Waals surface area contributed by atoms with Crippen LogP contribution in [0.5, 0.6) is 0 Å². The first kappa shape index (κ1) is 11.7. The second-order valence-corrected chi connectivity index (χ2v) is 3.91. The Morgan fingerprint density at radius 2 is 2.06 bits per heavy atom. The van der Waals surface area contributed by atoms with E-state index in [4.69, 9.17) is 11.6 Å². The lowest BCUT2D eigenvalue weighted by molar-refractivity contribution is 0.111. The summed E-state index contributed by atoms with van der Waals surface area (Å²) in [5.74, 6) is -0.391. The maximum Gasteiger partial charge on any atom is 0.193 e. The molecule has 0 aliphatic heterocycles. The molecule has 1 aromatic carbocycles. The van der Waals surface area contributed by atoms with Gasteiger partial charge in [0.2, 0.25) is 0 Å². The van der Waals surface area contributed by atoms with Crippen LogP contribution >= 0.6 is 11.6 Å². The summed E-state index contributed by atoms with van der Waals surface area (Å²) < 4.78 is 13.0. The summed E-state index contributed by atoms with van der Waals surface area (Å²) in [6.07, 6.45) is 0.571. The molecule has 0 fully saturated rings. The molecule has 0 aliphatic rings. The predicted molar refractivity (Wildman–Crippen MR) is 62.6 cm³/mol. The van der Waals surface area contributed by atoms with Crippen LogP contribution in [0.3, 0.4) is 0 Å². The van der Waals surface area contributed by atoms with E-state index in [-0.39, 0.29) is 10.8 Å². The Labute approximate surface area is 102 Å². The molecule has 0 unspecified atom stereocenters. The molecule has 86 valence electrons. The molecule has 2 rings (SSSR count). The Hall–Kier alpha value is -1.81. The number of nitrogens with zero attached hydrogens (tertiary/aromatic N) is 2. The molecule has 0 bridgehead atoms. The minimum atomic E-state index is -0.489. The molecule has 3 nitrogen and oxygen atoms in total. The van der Waals surface area contributed by atoms with Crippen LogP contribution in [-0.2, 0) is 0 Å². The van der Waals surface area contributed by atoms with Gasteiger partial charge in [0.25, 0.3) is 0 Å². The molecule has 0 atom stereocenters. The number of carbonyl (C=O) groups is 1. The van der Waals surface area contributed by atoms with Crippen LogP contribution in [-0.4, -0.2) is 16.3 Å². The third kappa shape index (κ3) is 2.47. The van der Waals surface area contributed by atoms with Crippen molar-refractivity contribution in [1.29, 1.82) is 0 Å². The predicted octanol–water partition coefficient (Wildman–Crippen LogP) is 3.06. The van der Waals surface area contributed by atoms with Crippen molar-refractivity contribution in [2.24, 2.45) is 0 Å². The number of aryl methyl sites for hydroxylation is 1. The van der Waals surface area contributed by atoms with E-state index >= 15 is 0 Å². The van der Waals surface area contributed by atoms with Crippen LogP contribution in [0, 0.1) is 12.7 Å². The molecule has 1 aromatic heterocycles. The van der Waals surface area contributed by atoms with E-state index in [1.165, 1.54) is 12.1 Å². The number of benzene rings is 1. The molecule has 0 amide bonds. The summed E-state index contributed by atoms with van der Waals surface area (Å²) in [5.41, 5.74) is 1.85. The van der Waals surface area contributed by atoms with Crippen LogP contribution in [0.2, 0.25) is 5.02 Å². The van der Waals surface area contributed by atoms with Crippen molar-refractivity contribution in [2.75, 3.05) is 0 Å². The third-order valence-corrected chi connectivity index (χ3v) is 2.48. The maximum atomic E-state index is 13.0.